The molecule has 1 aromatic carbocycles. The molecule has 2 heterocycles. The summed E-state index contributed by atoms with van der Waals surface area (Å²) in [6, 6.07) is 9.34. The summed E-state index contributed by atoms with van der Waals surface area (Å²) in [5.74, 6) is -0.226. The first-order valence-electron chi connectivity index (χ1n) is 10.6. The lowest BCUT2D eigenvalue weighted by Crippen LogP contribution is -2.44. The van der Waals surface area contributed by atoms with E-state index in [1.54, 1.807) is 4.90 Å². The highest BCUT2D eigenvalue weighted by Gasteiger charge is 2.56. The van der Waals surface area contributed by atoms with Crippen LogP contribution < -0.4 is 5.32 Å². The number of aromatic nitrogens is 2. The Morgan fingerprint density at radius 3 is 2.42 bits per heavy atom. The highest BCUT2D eigenvalue weighted by atomic mass is 32.3. The minimum absolute atomic E-state index is 0.0319. The third kappa shape index (κ3) is 3.46. The molecule has 1 atom stereocenters. The van der Waals surface area contributed by atoms with Gasteiger partial charge < -0.3 is 15.3 Å². The van der Waals surface area contributed by atoms with Gasteiger partial charge in [0.15, 0.2) is 5.82 Å². The minimum Gasteiger partial charge on any atom is -0.395 e. The molecule has 1 aliphatic carbocycles. The highest BCUT2D eigenvalue weighted by molar-refractivity contribution is 8.34. The highest BCUT2D eigenvalue weighted by Crippen LogP contribution is 2.64. The fourth-order valence-corrected chi connectivity index (χ4v) is 6.56. The van der Waals surface area contributed by atoms with Crippen molar-refractivity contribution in [3.05, 3.63) is 47.2 Å². The summed E-state index contributed by atoms with van der Waals surface area (Å²) in [7, 11) is -1.04. The molecular weight excluding hydrogens is 412 g/mol. The summed E-state index contributed by atoms with van der Waals surface area (Å²) in [5, 5.41) is 20.5. The van der Waals surface area contributed by atoms with E-state index in [1.165, 1.54) is 0 Å². The molecule has 168 valence electrons. The lowest BCUT2D eigenvalue weighted by Gasteiger charge is -2.35. The van der Waals surface area contributed by atoms with Gasteiger partial charge in [-0.2, -0.15) is 5.10 Å². The molecule has 1 aliphatic heterocycles. The van der Waals surface area contributed by atoms with Gasteiger partial charge in [-0.1, -0.05) is 30.3 Å². The maximum absolute atomic E-state index is 13.4. The molecule has 1 fully saturated rings. The van der Waals surface area contributed by atoms with E-state index < -0.39 is 21.5 Å². The summed E-state index contributed by atoms with van der Waals surface area (Å²) in [6.07, 6.45) is 8.36. The number of aromatic amines is 1. The average Bonchev–Trinajstić information content (AvgIpc) is 3.38. The van der Waals surface area contributed by atoms with Crippen LogP contribution in [0.1, 0.15) is 49.4 Å². The molecule has 2 aliphatic rings. The minimum atomic E-state index is -1.04. The third-order valence-electron chi connectivity index (χ3n) is 6.94. The molecule has 1 saturated carbocycles. The molecule has 8 heteroatoms. The Morgan fingerprint density at radius 2 is 1.87 bits per heavy atom. The second kappa shape index (κ2) is 7.38. The molecule has 0 spiro atoms. The maximum Gasteiger partial charge on any atom is 0.240 e. The predicted octanol–water partition coefficient (Wildman–Crippen LogP) is 2.93. The molecular formula is C23H32N4O3S. The molecule has 3 N–H and O–H groups in total. The number of fused-ring (bicyclic) bond motifs is 1. The van der Waals surface area contributed by atoms with E-state index in [-0.39, 0.29) is 23.2 Å². The molecule has 0 radical (unpaired) electrons. The summed E-state index contributed by atoms with van der Waals surface area (Å²) < 4.78 is -0.280. The van der Waals surface area contributed by atoms with Crippen molar-refractivity contribution in [2.45, 2.75) is 49.4 Å². The number of anilines is 1. The van der Waals surface area contributed by atoms with Gasteiger partial charge >= 0.3 is 0 Å². The Kier molecular flexibility index (Phi) is 5.21. The number of hydrogen-bond acceptors (Lipinski definition) is 4. The molecule has 0 bridgehead atoms. The zero-order valence-corrected chi connectivity index (χ0v) is 19.7. The molecule has 7 nitrogen and oxygen atoms in total. The second-order valence-corrected chi connectivity index (χ2v) is 14.3. The standard InChI is InChI=1S/C23H32N4O3S/c1-22(2)18-16(13-27(22)20(29)17(14-28)15-9-7-6-8-10-15)19(26-25-18)24-21(30)23(11-12-23)31(3,4)5/h6-10,17,28H,11-14H2,1-5H3,(H2,24,25,26,30). The van der Waals surface area contributed by atoms with E-state index in [1.807, 2.05) is 44.2 Å². The number of benzene rings is 1. The molecule has 31 heavy (non-hydrogen) atoms. The van der Waals surface area contributed by atoms with Crippen molar-refractivity contribution in [2.75, 3.05) is 30.7 Å². The fourth-order valence-electron chi connectivity index (χ4n) is 4.62. The van der Waals surface area contributed by atoms with E-state index >= 15 is 0 Å². The van der Waals surface area contributed by atoms with Gasteiger partial charge in [-0.25, -0.2) is 10.0 Å². The van der Waals surface area contributed by atoms with Crippen LogP contribution in [0.2, 0.25) is 0 Å². The Hall–Kier alpha value is -2.32. The van der Waals surface area contributed by atoms with Crippen LogP contribution in [0, 0.1) is 0 Å². The lowest BCUT2D eigenvalue weighted by molar-refractivity contribution is -0.139. The van der Waals surface area contributed by atoms with Gasteiger partial charge in [0.1, 0.15) is 0 Å². The van der Waals surface area contributed by atoms with Gasteiger partial charge in [0, 0.05) is 5.56 Å². The SMILES string of the molecule is CC1(C)c2[nH]nc(NC(=O)C3(S(C)(C)C)CC3)c2CN1C(=O)C(CO)c1ccccc1. The normalized spacial score (nSPS) is 20.1. The van der Waals surface area contributed by atoms with Crippen molar-refractivity contribution < 1.29 is 14.7 Å². The van der Waals surface area contributed by atoms with Crippen molar-refractivity contribution >= 4 is 27.7 Å². The van der Waals surface area contributed by atoms with Crippen LogP contribution >= 0.6 is 10.0 Å². The number of nitrogens with one attached hydrogen (secondary N) is 2. The number of rotatable bonds is 6. The van der Waals surface area contributed by atoms with Gasteiger partial charge in [0.2, 0.25) is 11.8 Å². The predicted molar refractivity (Wildman–Crippen MR) is 124 cm³/mol. The first-order valence-corrected chi connectivity index (χ1v) is 13.4. The zero-order chi connectivity index (χ0) is 22.6. The average molecular weight is 445 g/mol. The van der Waals surface area contributed by atoms with E-state index in [0.29, 0.717) is 12.4 Å². The number of carbonyl (C=O) groups is 2. The largest absolute Gasteiger partial charge is 0.395 e. The van der Waals surface area contributed by atoms with E-state index in [2.05, 4.69) is 34.3 Å². The van der Waals surface area contributed by atoms with Gasteiger partial charge in [-0.15, -0.1) is 0 Å². The first kappa shape index (κ1) is 21.9. The van der Waals surface area contributed by atoms with E-state index in [0.717, 1.165) is 29.7 Å². The molecule has 2 amide bonds. The van der Waals surface area contributed by atoms with Crippen molar-refractivity contribution in [1.82, 2.24) is 15.1 Å². The van der Waals surface area contributed by atoms with Crippen LogP contribution in [0.3, 0.4) is 0 Å². The third-order valence-corrected chi connectivity index (χ3v) is 9.88. The summed E-state index contributed by atoms with van der Waals surface area (Å²) in [4.78, 5) is 28.3. The molecule has 1 aromatic heterocycles. The summed E-state index contributed by atoms with van der Waals surface area (Å²) >= 11 is 0. The van der Waals surface area contributed by atoms with Crippen LogP contribution in [0.5, 0.6) is 0 Å². The number of nitrogens with zero attached hydrogens (tertiary/aromatic N) is 2. The van der Waals surface area contributed by atoms with Crippen LogP contribution in [0.25, 0.3) is 0 Å². The summed E-state index contributed by atoms with van der Waals surface area (Å²) in [5.41, 5.74) is 1.83. The Morgan fingerprint density at radius 1 is 1.23 bits per heavy atom. The number of amides is 2. The van der Waals surface area contributed by atoms with Crippen LogP contribution in [0.15, 0.2) is 30.3 Å². The Balaban J connectivity index is 1.58. The number of hydrogen-bond donors (Lipinski definition) is 3. The van der Waals surface area contributed by atoms with Gasteiger partial charge in [-0.3, -0.25) is 14.7 Å². The van der Waals surface area contributed by atoms with Crippen LogP contribution in [-0.4, -0.2) is 62.1 Å². The Bertz CT molecular complexity index is 1010. The molecule has 2 aromatic rings. The number of H-pyrrole nitrogens is 1. The lowest BCUT2D eigenvalue weighted by atomic mass is 9.95. The monoisotopic (exact) mass is 444 g/mol. The number of aliphatic hydroxyl groups excluding tert-OH is 1. The smallest absolute Gasteiger partial charge is 0.240 e. The van der Waals surface area contributed by atoms with Gasteiger partial charge in [0.05, 0.1) is 35.0 Å². The fraction of sp³-hybridized carbons (Fsp3) is 0.522. The quantitative estimate of drug-likeness (QED) is 0.638. The van der Waals surface area contributed by atoms with Crippen LogP contribution in [0.4, 0.5) is 5.82 Å². The second-order valence-electron chi connectivity index (χ2n) is 9.84. The van der Waals surface area contributed by atoms with Gasteiger partial charge in [0.25, 0.3) is 0 Å². The first-order chi connectivity index (χ1) is 14.5. The maximum atomic E-state index is 13.4. The van der Waals surface area contributed by atoms with Crippen LogP contribution in [-0.2, 0) is 21.7 Å². The zero-order valence-electron chi connectivity index (χ0n) is 18.9. The Labute approximate surface area is 184 Å². The van der Waals surface area contributed by atoms with Crippen molar-refractivity contribution in [3.63, 3.8) is 0 Å². The molecule has 0 saturated heterocycles. The van der Waals surface area contributed by atoms with Crippen molar-refractivity contribution in [1.29, 1.82) is 0 Å². The molecule has 4 rings (SSSR count). The van der Waals surface area contributed by atoms with Gasteiger partial charge in [-0.05, 0) is 51.0 Å². The van der Waals surface area contributed by atoms with E-state index in [4.69, 9.17) is 0 Å². The number of carbonyl (C=O) groups excluding carboxylic acids is 2. The molecule has 1 unspecified atom stereocenters. The summed E-state index contributed by atoms with van der Waals surface area (Å²) in [6.45, 7) is 4.00. The number of aliphatic hydroxyl groups is 1. The van der Waals surface area contributed by atoms with Crippen molar-refractivity contribution in [2.24, 2.45) is 0 Å². The topological polar surface area (TPSA) is 98.3 Å². The van der Waals surface area contributed by atoms with Crippen molar-refractivity contribution in [3.8, 4) is 0 Å². The van der Waals surface area contributed by atoms with E-state index in [9.17, 15) is 14.7 Å².